The van der Waals surface area contributed by atoms with Gasteiger partial charge >= 0.3 is 5.97 Å². The highest BCUT2D eigenvalue weighted by molar-refractivity contribution is 6.74. The summed E-state index contributed by atoms with van der Waals surface area (Å²) in [6.07, 6.45) is 1.84. The van der Waals surface area contributed by atoms with Gasteiger partial charge in [-0.25, -0.2) is 0 Å². The lowest BCUT2D eigenvalue weighted by Crippen LogP contribution is -2.43. The fraction of sp³-hybridized carbons (Fsp3) is 0.778. The Kier molecular flexibility index (Phi) is 8.23. The Morgan fingerprint density at radius 2 is 1.74 bits per heavy atom. The molecule has 5 heteroatoms. The lowest BCUT2D eigenvalue weighted by atomic mass is 10.1. The van der Waals surface area contributed by atoms with Crippen LogP contribution in [0.1, 0.15) is 60.8 Å². The van der Waals surface area contributed by atoms with Crippen molar-refractivity contribution >= 4 is 20.6 Å². The Bertz CT molecular complexity index is 458. The first kappa shape index (κ1) is 21.9. The van der Waals surface area contributed by atoms with Crippen LogP contribution < -0.4 is 0 Å². The predicted molar refractivity (Wildman–Crippen MR) is 95.6 cm³/mol. The number of hydrogen-bond donors (Lipinski definition) is 0. The highest BCUT2D eigenvalue weighted by Crippen LogP contribution is 2.37. The van der Waals surface area contributed by atoms with Crippen molar-refractivity contribution in [3.63, 3.8) is 0 Å². The minimum atomic E-state index is -1.97. The van der Waals surface area contributed by atoms with Crippen LogP contribution in [0.25, 0.3) is 0 Å². The molecule has 0 aliphatic heterocycles. The fourth-order valence-corrected chi connectivity index (χ4v) is 2.89. The van der Waals surface area contributed by atoms with Gasteiger partial charge in [-0.2, -0.15) is 0 Å². The van der Waals surface area contributed by atoms with Crippen LogP contribution in [0.2, 0.25) is 18.1 Å². The van der Waals surface area contributed by atoms with Crippen molar-refractivity contribution in [3.05, 3.63) is 0 Å². The molecule has 0 amide bonds. The summed E-state index contributed by atoms with van der Waals surface area (Å²) in [6.45, 7) is 16.3. The molecule has 0 rings (SSSR count). The van der Waals surface area contributed by atoms with E-state index in [-0.39, 0.29) is 17.1 Å². The van der Waals surface area contributed by atoms with Crippen molar-refractivity contribution in [2.75, 3.05) is 0 Å². The Morgan fingerprint density at radius 1 is 1.17 bits per heavy atom. The van der Waals surface area contributed by atoms with Crippen molar-refractivity contribution in [1.29, 1.82) is 0 Å². The second-order valence-electron chi connectivity index (χ2n) is 8.25. The van der Waals surface area contributed by atoms with E-state index < -0.39 is 13.9 Å². The molecule has 1 atom stereocenters. The average molecular weight is 341 g/mol. The zero-order valence-corrected chi connectivity index (χ0v) is 16.9. The van der Waals surface area contributed by atoms with Crippen LogP contribution in [0, 0.1) is 11.8 Å². The van der Waals surface area contributed by atoms with Crippen LogP contribution in [0.5, 0.6) is 0 Å². The maximum Gasteiger partial charge on any atom is 0.306 e. The number of aldehydes is 1. The van der Waals surface area contributed by atoms with E-state index in [0.717, 1.165) is 0 Å². The minimum absolute atomic E-state index is 0.0687. The Hall–Kier alpha value is -1.12. The van der Waals surface area contributed by atoms with E-state index in [9.17, 15) is 9.59 Å². The van der Waals surface area contributed by atoms with Crippen molar-refractivity contribution in [1.82, 2.24) is 0 Å². The number of ether oxygens (including phenoxy) is 1. The molecule has 0 heterocycles. The van der Waals surface area contributed by atoms with Crippen LogP contribution in [0.3, 0.4) is 0 Å². The van der Waals surface area contributed by atoms with Gasteiger partial charge < -0.3 is 9.16 Å². The van der Waals surface area contributed by atoms with Gasteiger partial charge in [0.25, 0.3) is 0 Å². The highest BCUT2D eigenvalue weighted by Gasteiger charge is 2.38. The molecule has 0 spiro atoms. The average Bonchev–Trinajstić information content (AvgIpc) is 2.31. The molecule has 0 unspecified atom stereocenters. The predicted octanol–water partition coefficient (Wildman–Crippen LogP) is 4.09. The summed E-state index contributed by atoms with van der Waals surface area (Å²) < 4.78 is 11.5. The lowest BCUT2D eigenvalue weighted by molar-refractivity contribution is -0.155. The zero-order chi connectivity index (χ0) is 18.3. The van der Waals surface area contributed by atoms with E-state index in [0.29, 0.717) is 25.5 Å². The molecule has 0 fully saturated rings. The van der Waals surface area contributed by atoms with Gasteiger partial charge in [0.2, 0.25) is 0 Å². The number of hydrogen-bond acceptors (Lipinski definition) is 4. The molecule has 4 nitrogen and oxygen atoms in total. The van der Waals surface area contributed by atoms with Crippen LogP contribution >= 0.6 is 0 Å². The van der Waals surface area contributed by atoms with E-state index in [1.54, 1.807) is 0 Å². The maximum atomic E-state index is 11.8. The maximum absolute atomic E-state index is 11.8. The van der Waals surface area contributed by atoms with Gasteiger partial charge in [0.15, 0.2) is 14.6 Å². The largest absolute Gasteiger partial charge is 0.460 e. The first-order valence-electron chi connectivity index (χ1n) is 8.13. The van der Waals surface area contributed by atoms with Gasteiger partial charge in [0.05, 0.1) is 0 Å². The molecular weight excluding hydrogens is 308 g/mol. The van der Waals surface area contributed by atoms with E-state index >= 15 is 0 Å². The SMILES string of the molecule is CC(C)(C)OC(=O)CCC[C@@H](C#CC=O)O[Si](C)(C)C(C)(C)C. The summed E-state index contributed by atoms with van der Waals surface area (Å²) in [6, 6.07) is 0. The highest BCUT2D eigenvalue weighted by atomic mass is 28.4. The molecule has 0 saturated heterocycles. The van der Waals surface area contributed by atoms with Crippen molar-refractivity contribution in [2.45, 2.75) is 90.6 Å². The molecule has 0 aromatic rings. The number of carbonyl (C=O) groups excluding carboxylic acids is 2. The van der Waals surface area contributed by atoms with Crippen molar-refractivity contribution < 1.29 is 18.8 Å². The Morgan fingerprint density at radius 3 is 2.17 bits per heavy atom. The van der Waals surface area contributed by atoms with Crippen molar-refractivity contribution in [2.24, 2.45) is 0 Å². The molecule has 23 heavy (non-hydrogen) atoms. The monoisotopic (exact) mass is 340 g/mol. The Balaban J connectivity index is 4.65. The number of carbonyl (C=O) groups is 2. The first-order chi connectivity index (χ1) is 10.3. The van der Waals surface area contributed by atoms with E-state index in [1.807, 2.05) is 20.8 Å². The van der Waals surface area contributed by atoms with Crippen LogP contribution in [0.15, 0.2) is 0 Å². The molecule has 132 valence electrons. The quantitative estimate of drug-likeness (QED) is 0.316. The molecule has 0 aromatic carbocycles. The second-order valence-corrected chi connectivity index (χ2v) is 13.0. The summed E-state index contributed by atoms with van der Waals surface area (Å²) in [4.78, 5) is 22.3. The van der Waals surface area contributed by atoms with Gasteiger partial charge in [-0.1, -0.05) is 26.7 Å². The third-order valence-electron chi connectivity index (χ3n) is 3.81. The smallest absolute Gasteiger partial charge is 0.306 e. The molecular formula is C18H32O4Si. The topological polar surface area (TPSA) is 52.6 Å². The zero-order valence-electron chi connectivity index (χ0n) is 15.9. The van der Waals surface area contributed by atoms with E-state index in [4.69, 9.17) is 9.16 Å². The van der Waals surface area contributed by atoms with Gasteiger partial charge in [0.1, 0.15) is 11.7 Å². The molecule has 0 saturated carbocycles. The number of rotatable bonds is 6. The molecule has 0 bridgehead atoms. The molecule has 0 aromatic heterocycles. The lowest BCUT2D eigenvalue weighted by Gasteiger charge is -2.38. The summed E-state index contributed by atoms with van der Waals surface area (Å²) in [5, 5.41) is 0.0687. The van der Waals surface area contributed by atoms with Gasteiger partial charge in [-0.15, -0.1) is 0 Å². The molecule has 0 N–H and O–H groups in total. The van der Waals surface area contributed by atoms with Crippen LogP contribution in [-0.2, 0) is 18.8 Å². The summed E-state index contributed by atoms with van der Waals surface area (Å²) in [5.41, 5.74) is -0.467. The van der Waals surface area contributed by atoms with E-state index in [1.165, 1.54) is 0 Å². The third-order valence-corrected chi connectivity index (χ3v) is 8.30. The standard InChI is InChI=1S/C18H32O4Si/c1-17(2,3)21-16(20)13-9-11-15(12-10-14-19)22-23(7,8)18(4,5)6/h14-15H,9,11,13H2,1-8H3/t15-/m0/s1. The summed E-state index contributed by atoms with van der Waals surface area (Å²) in [5.74, 6) is 5.10. The Labute approximate surface area is 142 Å². The first-order valence-corrected chi connectivity index (χ1v) is 11.0. The number of esters is 1. The minimum Gasteiger partial charge on any atom is -0.460 e. The molecule has 0 radical (unpaired) electrons. The summed E-state index contributed by atoms with van der Waals surface area (Å²) in [7, 11) is -1.97. The van der Waals surface area contributed by atoms with E-state index in [2.05, 4.69) is 45.7 Å². The molecule has 0 aliphatic carbocycles. The third kappa shape index (κ3) is 9.57. The van der Waals surface area contributed by atoms with Gasteiger partial charge in [-0.3, -0.25) is 9.59 Å². The van der Waals surface area contributed by atoms with Crippen molar-refractivity contribution in [3.8, 4) is 11.8 Å². The molecule has 0 aliphatic rings. The fourth-order valence-electron chi connectivity index (χ4n) is 1.64. The van der Waals surface area contributed by atoms with Crippen LogP contribution in [0.4, 0.5) is 0 Å². The van der Waals surface area contributed by atoms with Gasteiger partial charge in [-0.05, 0) is 57.7 Å². The normalized spacial score (nSPS) is 13.7. The second kappa shape index (κ2) is 8.65. The summed E-state index contributed by atoms with van der Waals surface area (Å²) >= 11 is 0. The van der Waals surface area contributed by atoms with Gasteiger partial charge in [0, 0.05) is 6.42 Å². The van der Waals surface area contributed by atoms with Crippen LogP contribution in [-0.4, -0.2) is 32.3 Å².